The minimum atomic E-state index is -2.79. The number of fused-ring (bicyclic) bond motifs is 1. The van der Waals surface area contributed by atoms with E-state index >= 15 is 0 Å². The first kappa shape index (κ1) is 10.6. The average molecular weight is 226 g/mol. The second-order valence-electron chi connectivity index (χ2n) is 3.18. The van der Waals surface area contributed by atoms with E-state index in [4.69, 9.17) is 9.15 Å². The number of methoxy groups -OCH3 is 1. The Balaban J connectivity index is 2.71. The summed E-state index contributed by atoms with van der Waals surface area (Å²) in [7, 11) is 1.45. The molecular formula is C11H8F2O3. The van der Waals surface area contributed by atoms with Crippen molar-refractivity contribution in [2.75, 3.05) is 7.11 Å². The van der Waals surface area contributed by atoms with E-state index < -0.39 is 17.6 Å². The Bertz CT molecular complexity index is 575. The zero-order valence-corrected chi connectivity index (χ0v) is 8.37. The lowest BCUT2D eigenvalue weighted by molar-refractivity contribution is 0.122. The number of alkyl halides is 2. The van der Waals surface area contributed by atoms with Crippen molar-refractivity contribution < 1.29 is 17.9 Å². The maximum atomic E-state index is 12.4. The molecule has 1 aromatic heterocycles. The maximum absolute atomic E-state index is 12.4. The fraction of sp³-hybridized carbons (Fsp3) is 0.182. The molecular weight excluding hydrogens is 218 g/mol. The first-order valence-electron chi connectivity index (χ1n) is 4.52. The van der Waals surface area contributed by atoms with Crippen LogP contribution in [0.25, 0.3) is 11.0 Å². The van der Waals surface area contributed by atoms with E-state index in [-0.39, 0.29) is 11.0 Å². The number of rotatable bonds is 2. The van der Waals surface area contributed by atoms with Crippen molar-refractivity contribution in [2.45, 2.75) is 6.43 Å². The summed E-state index contributed by atoms with van der Waals surface area (Å²) in [4.78, 5) is 11.5. The quantitative estimate of drug-likeness (QED) is 0.790. The Hall–Kier alpha value is -1.91. The molecule has 84 valence electrons. The van der Waals surface area contributed by atoms with Crippen molar-refractivity contribution in [3.05, 3.63) is 40.2 Å². The van der Waals surface area contributed by atoms with Crippen LogP contribution < -0.4 is 10.2 Å². The molecule has 0 amide bonds. The molecule has 16 heavy (non-hydrogen) atoms. The normalized spacial score (nSPS) is 11.0. The smallest absolute Gasteiger partial charge is 0.295 e. The second kappa shape index (κ2) is 3.92. The lowest BCUT2D eigenvalue weighted by atomic mass is 10.2. The van der Waals surface area contributed by atoms with Gasteiger partial charge in [-0.25, -0.2) is 8.78 Å². The van der Waals surface area contributed by atoms with E-state index in [9.17, 15) is 13.6 Å². The molecule has 0 N–H and O–H groups in total. The molecule has 0 aliphatic carbocycles. The van der Waals surface area contributed by atoms with Crippen molar-refractivity contribution in [2.24, 2.45) is 0 Å². The van der Waals surface area contributed by atoms with Crippen molar-refractivity contribution in [3.8, 4) is 5.75 Å². The van der Waals surface area contributed by atoms with Crippen molar-refractivity contribution in [3.63, 3.8) is 0 Å². The summed E-state index contributed by atoms with van der Waals surface area (Å²) in [5, 5.41) is 0.226. The van der Waals surface area contributed by atoms with Crippen LogP contribution in [-0.2, 0) is 0 Å². The Morgan fingerprint density at radius 2 is 2.06 bits per heavy atom. The topological polar surface area (TPSA) is 39.4 Å². The third-order valence-electron chi connectivity index (χ3n) is 2.17. The number of hydrogen-bond donors (Lipinski definition) is 0. The fourth-order valence-corrected chi connectivity index (χ4v) is 1.39. The van der Waals surface area contributed by atoms with Gasteiger partial charge >= 0.3 is 0 Å². The van der Waals surface area contributed by atoms with Crippen LogP contribution in [0.3, 0.4) is 0 Å². The van der Waals surface area contributed by atoms with E-state index in [0.717, 1.165) is 6.07 Å². The van der Waals surface area contributed by atoms with Gasteiger partial charge in [0, 0.05) is 6.07 Å². The molecule has 2 aromatic rings. The van der Waals surface area contributed by atoms with Crippen molar-refractivity contribution >= 4 is 11.0 Å². The Morgan fingerprint density at radius 3 is 2.69 bits per heavy atom. The van der Waals surface area contributed by atoms with Gasteiger partial charge in [-0.2, -0.15) is 0 Å². The van der Waals surface area contributed by atoms with Gasteiger partial charge in [-0.3, -0.25) is 4.79 Å². The molecule has 5 heteroatoms. The summed E-state index contributed by atoms with van der Waals surface area (Å²) in [5.74, 6) is -0.146. The molecule has 3 nitrogen and oxygen atoms in total. The lowest BCUT2D eigenvalue weighted by Gasteiger charge is -2.03. The van der Waals surface area contributed by atoms with E-state index in [2.05, 4.69) is 0 Å². The number of hydrogen-bond acceptors (Lipinski definition) is 3. The summed E-state index contributed by atoms with van der Waals surface area (Å²) < 4.78 is 34.6. The SMILES string of the molecule is COc1ccc2oc(C(F)F)cc(=O)c2c1. The largest absolute Gasteiger partial charge is 0.497 e. The summed E-state index contributed by atoms with van der Waals surface area (Å²) in [6.45, 7) is 0. The van der Waals surface area contributed by atoms with E-state index in [0.29, 0.717) is 5.75 Å². The van der Waals surface area contributed by atoms with Crippen molar-refractivity contribution in [1.82, 2.24) is 0 Å². The third-order valence-corrected chi connectivity index (χ3v) is 2.17. The molecule has 0 atom stereocenters. The van der Waals surface area contributed by atoms with Gasteiger partial charge in [-0.15, -0.1) is 0 Å². The molecule has 0 aliphatic heterocycles. The molecule has 0 bridgehead atoms. The van der Waals surface area contributed by atoms with Crippen LogP contribution in [-0.4, -0.2) is 7.11 Å². The third kappa shape index (κ3) is 1.76. The van der Waals surface area contributed by atoms with Crippen molar-refractivity contribution in [1.29, 1.82) is 0 Å². The minimum Gasteiger partial charge on any atom is -0.497 e. The standard InChI is InChI=1S/C11H8F2O3/c1-15-6-2-3-9-7(4-6)8(14)5-10(16-9)11(12)13/h2-5,11H,1H3. The van der Waals surface area contributed by atoms with E-state index in [1.165, 1.54) is 19.2 Å². The van der Waals surface area contributed by atoms with Crippen LogP contribution in [0.4, 0.5) is 8.78 Å². The lowest BCUT2D eigenvalue weighted by Crippen LogP contribution is -2.02. The highest BCUT2D eigenvalue weighted by Gasteiger charge is 2.13. The predicted molar refractivity (Wildman–Crippen MR) is 54.0 cm³/mol. The molecule has 2 rings (SSSR count). The zero-order chi connectivity index (χ0) is 11.7. The zero-order valence-electron chi connectivity index (χ0n) is 8.37. The number of ether oxygens (including phenoxy) is 1. The molecule has 0 saturated carbocycles. The minimum absolute atomic E-state index is 0.128. The summed E-state index contributed by atoms with van der Waals surface area (Å²) in [6.07, 6.45) is -2.79. The fourth-order valence-electron chi connectivity index (χ4n) is 1.39. The molecule has 0 fully saturated rings. The highest BCUT2D eigenvalue weighted by molar-refractivity contribution is 5.78. The second-order valence-corrected chi connectivity index (χ2v) is 3.18. The van der Waals surface area contributed by atoms with Crippen LogP contribution in [0.5, 0.6) is 5.75 Å². The number of halogens is 2. The molecule has 0 unspecified atom stereocenters. The van der Waals surface area contributed by atoms with Gasteiger partial charge in [0.1, 0.15) is 11.3 Å². The van der Waals surface area contributed by atoms with Gasteiger partial charge in [0.2, 0.25) is 0 Å². The van der Waals surface area contributed by atoms with E-state index in [1.807, 2.05) is 0 Å². The van der Waals surface area contributed by atoms with Gasteiger partial charge < -0.3 is 9.15 Å². The highest BCUT2D eigenvalue weighted by Crippen LogP contribution is 2.23. The average Bonchev–Trinajstić information content (AvgIpc) is 2.28. The monoisotopic (exact) mass is 226 g/mol. The first-order chi connectivity index (χ1) is 7.61. The Labute approximate surface area is 89.3 Å². The highest BCUT2D eigenvalue weighted by atomic mass is 19.3. The Morgan fingerprint density at radius 1 is 1.31 bits per heavy atom. The van der Waals surface area contributed by atoms with Gasteiger partial charge in [-0.1, -0.05) is 0 Å². The van der Waals surface area contributed by atoms with Gasteiger partial charge in [0.05, 0.1) is 12.5 Å². The molecule has 0 aliphatic rings. The molecule has 0 spiro atoms. The number of benzene rings is 1. The van der Waals surface area contributed by atoms with E-state index in [1.54, 1.807) is 6.07 Å². The van der Waals surface area contributed by atoms with Gasteiger partial charge in [0.15, 0.2) is 11.2 Å². The summed E-state index contributed by atoms with van der Waals surface area (Å²) >= 11 is 0. The van der Waals surface area contributed by atoms with Crippen LogP contribution in [0.1, 0.15) is 12.2 Å². The van der Waals surface area contributed by atoms with Crippen LogP contribution in [0.2, 0.25) is 0 Å². The van der Waals surface area contributed by atoms with Gasteiger partial charge in [-0.05, 0) is 18.2 Å². The molecule has 0 radical (unpaired) electrons. The van der Waals surface area contributed by atoms with Crippen LogP contribution in [0, 0.1) is 0 Å². The van der Waals surface area contributed by atoms with Crippen LogP contribution >= 0.6 is 0 Å². The molecule has 0 saturated heterocycles. The summed E-state index contributed by atoms with van der Waals surface area (Å²) in [6, 6.07) is 5.23. The van der Waals surface area contributed by atoms with Gasteiger partial charge in [0.25, 0.3) is 6.43 Å². The molecule has 1 heterocycles. The molecule has 1 aromatic carbocycles. The first-order valence-corrected chi connectivity index (χ1v) is 4.52. The summed E-state index contributed by atoms with van der Waals surface area (Å²) in [5.41, 5.74) is -0.376. The van der Waals surface area contributed by atoms with Crippen LogP contribution in [0.15, 0.2) is 33.5 Å². The Kier molecular flexibility index (Phi) is 2.60. The maximum Gasteiger partial charge on any atom is 0.295 e. The predicted octanol–water partition coefficient (Wildman–Crippen LogP) is 2.74.